The van der Waals surface area contributed by atoms with Crippen LogP contribution in [0.5, 0.6) is 0 Å². The lowest BCUT2D eigenvalue weighted by atomic mass is 10.1. The molecule has 112 valence electrons. The Hall–Kier alpha value is -1.17. The molecular weight excluding hydrogens is 248 g/mol. The van der Waals surface area contributed by atoms with E-state index in [2.05, 4.69) is 40.6 Å². The molecule has 4 heteroatoms. The fraction of sp³-hybridized carbons (Fsp3) is 0.875. The molecule has 1 heterocycles. The van der Waals surface area contributed by atoms with E-state index >= 15 is 0 Å². The lowest BCUT2D eigenvalue weighted by Gasteiger charge is -2.29. The average Bonchev–Trinajstić information content (AvgIpc) is 2.92. The minimum Gasteiger partial charge on any atom is -0.287 e. The molecule has 0 radical (unpaired) electrons. The zero-order valence-electron chi connectivity index (χ0n) is 13.0. The van der Waals surface area contributed by atoms with Crippen molar-refractivity contribution in [3.8, 4) is 11.8 Å². The van der Waals surface area contributed by atoms with Crippen LogP contribution in [-0.4, -0.2) is 30.1 Å². The van der Waals surface area contributed by atoms with E-state index in [1.807, 2.05) is 0 Å². The number of azide groups is 1. The molecule has 0 saturated carbocycles. The van der Waals surface area contributed by atoms with Crippen molar-refractivity contribution >= 4 is 0 Å². The number of hydrogen-bond donors (Lipinski definition) is 0. The molecule has 0 aromatic rings. The summed E-state index contributed by atoms with van der Waals surface area (Å²) in [5.74, 6) is 6.83. The zero-order valence-corrected chi connectivity index (χ0v) is 13.0. The number of likely N-dealkylation sites (tertiary alicyclic amines) is 1. The molecule has 1 saturated heterocycles. The smallest absolute Gasteiger partial charge is 0.0716 e. The molecule has 2 atom stereocenters. The van der Waals surface area contributed by atoms with Gasteiger partial charge in [0.1, 0.15) is 0 Å². The van der Waals surface area contributed by atoms with Crippen molar-refractivity contribution in [1.29, 1.82) is 0 Å². The van der Waals surface area contributed by atoms with Crippen LogP contribution in [0.25, 0.3) is 10.4 Å². The van der Waals surface area contributed by atoms with Gasteiger partial charge in [-0.2, -0.15) is 0 Å². The van der Waals surface area contributed by atoms with Crippen LogP contribution in [0, 0.1) is 11.8 Å². The third-order valence-electron chi connectivity index (χ3n) is 3.93. The molecule has 1 rings (SSSR count). The summed E-state index contributed by atoms with van der Waals surface area (Å²) in [6.07, 6.45) is 9.31. The van der Waals surface area contributed by atoms with E-state index in [1.54, 1.807) is 0 Å². The first kappa shape index (κ1) is 16.9. The maximum Gasteiger partial charge on any atom is 0.0716 e. The van der Waals surface area contributed by atoms with E-state index in [0.717, 1.165) is 25.8 Å². The number of hydrogen-bond acceptors (Lipinski definition) is 2. The largest absolute Gasteiger partial charge is 0.287 e. The van der Waals surface area contributed by atoms with Crippen LogP contribution in [0.4, 0.5) is 0 Å². The van der Waals surface area contributed by atoms with E-state index in [0.29, 0.717) is 18.6 Å². The Morgan fingerprint density at radius 2 is 2.15 bits per heavy atom. The molecule has 1 aliphatic heterocycles. The molecule has 0 aliphatic carbocycles. The molecule has 4 nitrogen and oxygen atoms in total. The van der Waals surface area contributed by atoms with Gasteiger partial charge >= 0.3 is 0 Å². The van der Waals surface area contributed by atoms with Gasteiger partial charge in [-0.25, -0.2) is 0 Å². The lowest BCUT2D eigenvalue weighted by molar-refractivity contribution is 0.210. The van der Waals surface area contributed by atoms with Gasteiger partial charge in [0.25, 0.3) is 0 Å². The van der Waals surface area contributed by atoms with Gasteiger partial charge in [-0.3, -0.25) is 4.90 Å². The molecule has 0 bridgehead atoms. The quantitative estimate of drug-likeness (QED) is 0.211. The minimum absolute atomic E-state index is 0.355. The first-order valence-electron chi connectivity index (χ1n) is 8.08. The van der Waals surface area contributed by atoms with E-state index in [4.69, 9.17) is 5.53 Å². The normalized spacial score (nSPS) is 20.0. The molecule has 0 spiro atoms. The van der Waals surface area contributed by atoms with Crippen molar-refractivity contribution in [3.05, 3.63) is 10.4 Å². The van der Waals surface area contributed by atoms with Crippen molar-refractivity contribution in [3.63, 3.8) is 0 Å². The second kappa shape index (κ2) is 10.6. The van der Waals surface area contributed by atoms with Crippen LogP contribution in [0.1, 0.15) is 65.2 Å². The molecular formula is C16H28N4. The summed E-state index contributed by atoms with van der Waals surface area (Å²) in [6, 6.07) is 0.751. The highest BCUT2D eigenvalue weighted by atomic mass is 15.2. The third kappa shape index (κ3) is 5.86. The zero-order chi connectivity index (χ0) is 14.6. The SMILES string of the molecule is CCCCC#C[C@H](CCCC)N1CCC[C@H]1CN=[N+]=[N-]. The molecule has 0 aromatic carbocycles. The van der Waals surface area contributed by atoms with Crippen LogP contribution in [0.15, 0.2) is 5.11 Å². The Morgan fingerprint density at radius 3 is 2.85 bits per heavy atom. The topological polar surface area (TPSA) is 52.0 Å². The van der Waals surface area contributed by atoms with Crippen LogP contribution >= 0.6 is 0 Å². The summed E-state index contributed by atoms with van der Waals surface area (Å²) in [7, 11) is 0. The van der Waals surface area contributed by atoms with E-state index in [9.17, 15) is 0 Å². The molecule has 0 amide bonds. The first-order chi connectivity index (χ1) is 9.83. The molecule has 0 unspecified atom stereocenters. The maximum atomic E-state index is 8.51. The second-order valence-corrected chi connectivity index (χ2v) is 5.53. The van der Waals surface area contributed by atoms with Gasteiger partial charge in [0.15, 0.2) is 0 Å². The maximum absolute atomic E-state index is 8.51. The van der Waals surface area contributed by atoms with Crippen molar-refractivity contribution in [1.82, 2.24) is 4.90 Å². The lowest BCUT2D eigenvalue weighted by Crippen LogP contribution is -2.39. The van der Waals surface area contributed by atoms with Gasteiger partial charge in [-0.15, -0.1) is 5.92 Å². The van der Waals surface area contributed by atoms with Gasteiger partial charge < -0.3 is 0 Å². The molecule has 1 aliphatic rings. The summed E-state index contributed by atoms with van der Waals surface area (Å²) in [5, 5.41) is 3.77. The predicted molar refractivity (Wildman–Crippen MR) is 84.4 cm³/mol. The van der Waals surface area contributed by atoms with E-state index < -0.39 is 0 Å². The predicted octanol–water partition coefficient (Wildman–Crippen LogP) is 4.51. The minimum atomic E-state index is 0.355. The molecule has 0 N–H and O–H groups in total. The third-order valence-corrected chi connectivity index (χ3v) is 3.93. The Kier molecular flexibility index (Phi) is 8.95. The summed E-state index contributed by atoms with van der Waals surface area (Å²) in [4.78, 5) is 5.38. The number of rotatable bonds is 8. The Bertz CT molecular complexity index is 362. The monoisotopic (exact) mass is 276 g/mol. The molecule has 20 heavy (non-hydrogen) atoms. The number of nitrogens with zero attached hydrogens (tertiary/aromatic N) is 4. The first-order valence-corrected chi connectivity index (χ1v) is 8.08. The fourth-order valence-electron chi connectivity index (χ4n) is 2.77. The standard InChI is InChI=1S/C16H28N4/c1-3-5-7-8-11-15(10-6-4-2)20-13-9-12-16(20)14-18-19-17/h15-16H,3-7,9-10,12-14H2,1-2H3/t15-,16-/m0/s1. The summed E-state index contributed by atoms with van der Waals surface area (Å²) in [6.45, 7) is 6.12. The van der Waals surface area contributed by atoms with Gasteiger partial charge in [0.05, 0.1) is 6.04 Å². The van der Waals surface area contributed by atoms with Crippen molar-refractivity contribution in [2.24, 2.45) is 5.11 Å². The Morgan fingerprint density at radius 1 is 1.35 bits per heavy atom. The van der Waals surface area contributed by atoms with Gasteiger partial charge in [-0.1, -0.05) is 44.1 Å². The van der Waals surface area contributed by atoms with Crippen LogP contribution < -0.4 is 0 Å². The van der Waals surface area contributed by atoms with E-state index in [-0.39, 0.29) is 0 Å². The molecule has 0 aromatic heterocycles. The highest BCUT2D eigenvalue weighted by molar-refractivity contribution is 5.10. The highest BCUT2D eigenvalue weighted by Crippen LogP contribution is 2.23. The summed E-state index contributed by atoms with van der Waals surface area (Å²) < 4.78 is 0. The molecule has 1 fully saturated rings. The van der Waals surface area contributed by atoms with E-state index in [1.165, 1.54) is 32.1 Å². The fourth-order valence-corrected chi connectivity index (χ4v) is 2.77. The summed E-state index contributed by atoms with van der Waals surface area (Å²) in [5.41, 5.74) is 8.51. The highest BCUT2D eigenvalue weighted by Gasteiger charge is 2.28. The Labute approximate surface area is 123 Å². The second-order valence-electron chi connectivity index (χ2n) is 5.53. The van der Waals surface area contributed by atoms with Crippen LogP contribution in [0.2, 0.25) is 0 Å². The average molecular weight is 276 g/mol. The van der Waals surface area contributed by atoms with Crippen molar-refractivity contribution in [2.75, 3.05) is 13.1 Å². The van der Waals surface area contributed by atoms with Gasteiger partial charge in [0, 0.05) is 23.9 Å². The Balaban J connectivity index is 2.63. The van der Waals surface area contributed by atoms with Gasteiger partial charge in [-0.05, 0) is 37.8 Å². The van der Waals surface area contributed by atoms with Crippen LogP contribution in [-0.2, 0) is 0 Å². The van der Waals surface area contributed by atoms with Crippen LogP contribution in [0.3, 0.4) is 0 Å². The summed E-state index contributed by atoms with van der Waals surface area (Å²) >= 11 is 0. The van der Waals surface area contributed by atoms with Crippen molar-refractivity contribution in [2.45, 2.75) is 77.3 Å². The van der Waals surface area contributed by atoms with Crippen molar-refractivity contribution < 1.29 is 0 Å². The van der Waals surface area contributed by atoms with Gasteiger partial charge in [0.2, 0.25) is 0 Å². The number of unbranched alkanes of at least 4 members (excludes halogenated alkanes) is 3.